The highest BCUT2D eigenvalue weighted by molar-refractivity contribution is 5.90. The van der Waals surface area contributed by atoms with Gasteiger partial charge in [-0.1, -0.05) is 0 Å². The minimum atomic E-state index is -2.79. The van der Waals surface area contributed by atoms with Crippen molar-refractivity contribution in [1.82, 2.24) is 9.78 Å². The molecule has 1 aromatic rings. The standard InChI is InChI=1S/C14H17F4N5/c15-12(16)23-4-2-10(22-23)9-7-21-11(19)6-14(9,20)8-1-3-13(17,18)5-8/h2,4,7-8,12H,1,3,5-6,20H2,(H2,19,21). The van der Waals surface area contributed by atoms with E-state index in [0.29, 0.717) is 10.3 Å². The molecule has 2 aliphatic rings. The first-order valence-corrected chi connectivity index (χ1v) is 7.24. The average molecular weight is 331 g/mol. The number of rotatable bonds is 3. The number of hydrogen-bond donors (Lipinski definition) is 2. The Bertz CT molecular complexity index is 666. The van der Waals surface area contributed by atoms with Crippen molar-refractivity contribution in [2.24, 2.45) is 22.4 Å². The summed E-state index contributed by atoms with van der Waals surface area (Å²) in [5.74, 6) is -3.05. The number of nitrogens with zero attached hydrogens (tertiary/aromatic N) is 3. The molecule has 3 rings (SSSR count). The lowest BCUT2D eigenvalue weighted by atomic mass is 9.73. The van der Waals surface area contributed by atoms with Gasteiger partial charge in [-0.05, 0) is 18.4 Å². The van der Waals surface area contributed by atoms with Crippen LogP contribution in [0.3, 0.4) is 0 Å². The van der Waals surface area contributed by atoms with Gasteiger partial charge in [0.15, 0.2) is 0 Å². The molecule has 0 spiro atoms. The molecule has 0 bridgehead atoms. The fourth-order valence-electron chi connectivity index (χ4n) is 3.36. The van der Waals surface area contributed by atoms with E-state index in [1.54, 1.807) is 0 Å². The Morgan fingerprint density at radius 2 is 2.09 bits per heavy atom. The van der Waals surface area contributed by atoms with E-state index in [9.17, 15) is 17.6 Å². The van der Waals surface area contributed by atoms with Crippen LogP contribution in [0.1, 0.15) is 37.9 Å². The molecule has 126 valence electrons. The highest BCUT2D eigenvalue weighted by atomic mass is 19.3. The van der Waals surface area contributed by atoms with Gasteiger partial charge in [-0.2, -0.15) is 13.9 Å². The molecular formula is C14H17F4N5. The molecule has 4 N–H and O–H groups in total. The topological polar surface area (TPSA) is 82.2 Å². The maximum Gasteiger partial charge on any atom is 0.333 e. The number of hydrogen-bond acceptors (Lipinski definition) is 4. The Labute approximate surface area is 130 Å². The molecular weight excluding hydrogens is 314 g/mol. The number of aromatic nitrogens is 2. The van der Waals surface area contributed by atoms with Gasteiger partial charge in [-0.25, -0.2) is 18.5 Å². The van der Waals surface area contributed by atoms with Gasteiger partial charge in [0.05, 0.1) is 11.2 Å². The molecule has 1 aliphatic heterocycles. The quantitative estimate of drug-likeness (QED) is 0.835. The third kappa shape index (κ3) is 2.85. The Hall–Kier alpha value is -1.90. The molecule has 2 atom stereocenters. The first-order chi connectivity index (χ1) is 10.7. The van der Waals surface area contributed by atoms with E-state index in [2.05, 4.69) is 10.1 Å². The number of alkyl halides is 4. The molecule has 0 amide bonds. The second-order valence-electron chi connectivity index (χ2n) is 6.13. The summed E-state index contributed by atoms with van der Waals surface area (Å²) >= 11 is 0. The Balaban J connectivity index is 1.97. The zero-order valence-electron chi connectivity index (χ0n) is 12.2. The van der Waals surface area contributed by atoms with E-state index in [4.69, 9.17) is 11.5 Å². The largest absolute Gasteiger partial charge is 0.387 e. The van der Waals surface area contributed by atoms with E-state index in [-0.39, 0.29) is 37.2 Å². The molecule has 0 radical (unpaired) electrons. The van der Waals surface area contributed by atoms with Crippen LogP contribution in [0, 0.1) is 5.92 Å². The van der Waals surface area contributed by atoms with Crippen LogP contribution in [0.4, 0.5) is 17.6 Å². The van der Waals surface area contributed by atoms with Crippen molar-refractivity contribution in [2.45, 2.75) is 43.7 Å². The van der Waals surface area contributed by atoms with Crippen LogP contribution in [0.15, 0.2) is 23.5 Å². The van der Waals surface area contributed by atoms with Crippen molar-refractivity contribution in [3.63, 3.8) is 0 Å². The maximum atomic E-state index is 13.6. The first-order valence-electron chi connectivity index (χ1n) is 7.24. The molecule has 9 heteroatoms. The Morgan fingerprint density at radius 3 is 2.65 bits per heavy atom. The van der Waals surface area contributed by atoms with Gasteiger partial charge >= 0.3 is 6.55 Å². The summed E-state index contributed by atoms with van der Waals surface area (Å²) in [6, 6.07) is 1.38. The van der Waals surface area contributed by atoms with Crippen LogP contribution in [-0.4, -0.2) is 27.1 Å². The van der Waals surface area contributed by atoms with Crippen molar-refractivity contribution in [2.75, 3.05) is 0 Å². The molecule has 1 aliphatic carbocycles. The lowest BCUT2D eigenvalue weighted by Crippen LogP contribution is -2.51. The van der Waals surface area contributed by atoms with Gasteiger partial charge < -0.3 is 11.5 Å². The number of nitrogens with two attached hydrogens (primary N) is 2. The average Bonchev–Trinajstić information content (AvgIpc) is 3.05. The number of aliphatic imine (C=N–C) groups is 1. The summed E-state index contributed by atoms with van der Waals surface area (Å²) in [6.45, 7) is -2.79. The van der Waals surface area contributed by atoms with Gasteiger partial charge in [0.2, 0.25) is 5.92 Å². The monoisotopic (exact) mass is 331 g/mol. The molecule has 1 aromatic heterocycles. The van der Waals surface area contributed by atoms with Crippen LogP contribution >= 0.6 is 0 Å². The van der Waals surface area contributed by atoms with Crippen molar-refractivity contribution < 1.29 is 17.6 Å². The van der Waals surface area contributed by atoms with Crippen molar-refractivity contribution in [3.05, 3.63) is 24.2 Å². The highest BCUT2D eigenvalue weighted by Gasteiger charge is 2.50. The molecule has 2 heterocycles. The summed E-state index contributed by atoms with van der Waals surface area (Å²) in [7, 11) is 0. The smallest absolute Gasteiger partial charge is 0.333 e. The molecule has 2 unspecified atom stereocenters. The van der Waals surface area contributed by atoms with E-state index in [1.165, 1.54) is 12.3 Å². The second kappa shape index (κ2) is 5.33. The van der Waals surface area contributed by atoms with Crippen LogP contribution in [0.5, 0.6) is 0 Å². The first kappa shape index (κ1) is 16.0. The SMILES string of the molecule is NC1=NC=C(c2ccn(C(F)F)n2)C(N)(C2CCC(F)(F)C2)C1. The molecule has 1 saturated carbocycles. The van der Waals surface area contributed by atoms with Gasteiger partial charge in [0.25, 0.3) is 0 Å². The van der Waals surface area contributed by atoms with Crippen LogP contribution in [0.25, 0.3) is 5.57 Å². The van der Waals surface area contributed by atoms with E-state index in [1.807, 2.05) is 0 Å². The van der Waals surface area contributed by atoms with Crippen LogP contribution in [-0.2, 0) is 0 Å². The Kier molecular flexibility index (Phi) is 3.70. The predicted molar refractivity (Wildman–Crippen MR) is 76.9 cm³/mol. The fourth-order valence-corrected chi connectivity index (χ4v) is 3.36. The summed E-state index contributed by atoms with van der Waals surface area (Å²) in [4.78, 5) is 3.97. The van der Waals surface area contributed by atoms with Crippen molar-refractivity contribution in [1.29, 1.82) is 0 Å². The molecule has 1 fully saturated rings. The van der Waals surface area contributed by atoms with Crippen molar-refractivity contribution >= 4 is 11.4 Å². The predicted octanol–water partition coefficient (Wildman–Crippen LogP) is 2.51. The van der Waals surface area contributed by atoms with E-state index >= 15 is 0 Å². The van der Waals surface area contributed by atoms with Crippen molar-refractivity contribution in [3.8, 4) is 0 Å². The molecule has 0 aromatic carbocycles. The highest BCUT2D eigenvalue weighted by Crippen LogP contribution is 2.48. The minimum Gasteiger partial charge on any atom is -0.387 e. The lowest BCUT2D eigenvalue weighted by Gasteiger charge is -2.38. The summed E-state index contributed by atoms with van der Waals surface area (Å²) in [5.41, 5.74) is 11.6. The lowest BCUT2D eigenvalue weighted by molar-refractivity contribution is 0.00263. The molecule has 5 nitrogen and oxygen atoms in total. The second-order valence-corrected chi connectivity index (χ2v) is 6.13. The normalized spacial score (nSPS) is 30.4. The van der Waals surface area contributed by atoms with Gasteiger partial charge in [0, 0.05) is 37.2 Å². The van der Waals surface area contributed by atoms with Gasteiger partial charge in [-0.3, -0.25) is 0 Å². The molecule has 23 heavy (non-hydrogen) atoms. The van der Waals surface area contributed by atoms with Crippen LogP contribution < -0.4 is 11.5 Å². The Morgan fingerprint density at radius 1 is 1.35 bits per heavy atom. The minimum absolute atomic E-state index is 0.0983. The summed E-state index contributed by atoms with van der Waals surface area (Å²) in [5, 5.41) is 3.78. The van der Waals surface area contributed by atoms with Crippen LogP contribution in [0.2, 0.25) is 0 Å². The van der Waals surface area contributed by atoms with Gasteiger partial charge in [0.1, 0.15) is 5.84 Å². The summed E-state index contributed by atoms with van der Waals surface area (Å²) < 4.78 is 53.1. The third-order valence-corrected chi connectivity index (χ3v) is 4.55. The van der Waals surface area contributed by atoms with E-state index < -0.39 is 23.9 Å². The van der Waals surface area contributed by atoms with E-state index in [0.717, 1.165) is 6.20 Å². The maximum absolute atomic E-state index is 13.6. The molecule has 0 saturated heterocycles. The fraction of sp³-hybridized carbons (Fsp3) is 0.571. The zero-order valence-corrected chi connectivity index (χ0v) is 12.2. The zero-order chi connectivity index (χ0) is 16.8. The number of halogens is 4. The third-order valence-electron chi connectivity index (χ3n) is 4.55. The van der Waals surface area contributed by atoms with Gasteiger partial charge in [-0.15, -0.1) is 0 Å². The number of amidine groups is 1. The summed E-state index contributed by atoms with van der Waals surface area (Å²) in [6.07, 6.45) is 2.21.